The van der Waals surface area contributed by atoms with Crippen LogP contribution in [0.15, 0.2) is 18.3 Å². The molecule has 5 nitrogen and oxygen atoms in total. The Balaban J connectivity index is 2.49. The maximum Gasteiger partial charge on any atom is 0.149 e. The van der Waals surface area contributed by atoms with Gasteiger partial charge in [-0.05, 0) is 12.1 Å². The second kappa shape index (κ2) is 4.75. The lowest BCUT2D eigenvalue weighted by atomic mass is 10.3. The topological polar surface area (TPSA) is 82.9 Å². The molecule has 0 saturated carbocycles. The van der Waals surface area contributed by atoms with Crippen molar-refractivity contribution >= 4 is 15.7 Å². The first kappa shape index (κ1) is 11.5. The monoisotopic (exact) mass is 225 g/mol. The van der Waals surface area contributed by atoms with E-state index in [1.807, 2.05) is 6.07 Å². The van der Waals surface area contributed by atoms with E-state index in [4.69, 9.17) is 5.26 Å². The minimum absolute atomic E-state index is 0.0642. The molecule has 0 aliphatic rings. The Kier molecular flexibility index (Phi) is 3.63. The third kappa shape index (κ3) is 4.42. The SMILES string of the molecule is CS(=O)(=O)CCNc1ccc(C#N)cn1. The summed E-state index contributed by atoms with van der Waals surface area (Å²) in [6, 6.07) is 5.21. The highest BCUT2D eigenvalue weighted by atomic mass is 32.2. The second-order valence-corrected chi connectivity index (χ2v) is 5.36. The van der Waals surface area contributed by atoms with Gasteiger partial charge in [0.25, 0.3) is 0 Å². The Hall–Kier alpha value is -1.61. The third-order valence-electron chi connectivity index (χ3n) is 1.67. The van der Waals surface area contributed by atoms with Crippen LogP contribution in [0, 0.1) is 11.3 Å². The van der Waals surface area contributed by atoms with Crippen LogP contribution in [-0.4, -0.2) is 32.0 Å². The predicted molar refractivity (Wildman–Crippen MR) is 57.2 cm³/mol. The number of nitrogens with zero attached hydrogens (tertiary/aromatic N) is 2. The van der Waals surface area contributed by atoms with Crippen molar-refractivity contribution in [3.8, 4) is 6.07 Å². The number of hydrogen-bond acceptors (Lipinski definition) is 5. The highest BCUT2D eigenvalue weighted by Crippen LogP contribution is 2.03. The van der Waals surface area contributed by atoms with Gasteiger partial charge in [0.15, 0.2) is 0 Å². The molecule has 0 aliphatic heterocycles. The summed E-state index contributed by atoms with van der Waals surface area (Å²) < 4.78 is 21.6. The van der Waals surface area contributed by atoms with Crippen LogP contribution in [0.5, 0.6) is 0 Å². The molecule has 15 heavy (non-hydrogen) atoms. The van der Waals surface area contributed by atoms with Gasteiger partial charge in [0.1, 0.15) is 21.7 Å². The van der Waals surface area contributed by atoms with E-state index in [1.165, 1.54) is 12.5 Å². The standard InChI is InChI=1S/C9H11N3O2S/c1-15(13,14)5-4-11-9-3-2-8(6-10)7-12-9/h2-3,7H,4-5H2,1H3,(H,11,12). The number of hydrogen-bond donors (Lipinski definition) is 1. The Labute approximate surface area is 88.7 Å². The van der Waals surface area contributed by atoms with E-state index in [0.29, 0.717) is 17.9 Å². The van der Waals surface area contributed by atoms with Crippen molar-refractivity contribution in [3.63, 3.8) is 0 Å². The molecule has 6 heteroatoms. The first-order valence-corrected chi connectivity index (χ1v) is 6.35. The highest BCUT2D eigenvalue weighted by molar-refractivity contribution is 7.90. The van der Waals surface area contributed by atoms with E-state index in [9.17, 15) is 8.42 Å². The summed E-state index contributed by atoms with van der Waals surface area (Å²) in [5.41, 5.74) is 0.476. The molecule has 0 aliphatic carbocycles. The number of nitrogens with one attached hydrogen (secondary N) is 1. The molecule has 0 atom stereocenters. The summed E-state index contributed by atoms with van der Waals surface area (Å²) in [5, 5.41) is 11.4. The van der Waals surface area contributed by atoms with Crippen molar-refractivity contribution in [3.05, 3.63) is 23.9 Å². The molecule has 1 aromatic rings. The molecule has 0 fully saturated rings. The van der Waals surface area contributed by atoms with E-state index < -0.39 is 9.84 Å². The molecular formula is C9H11N3O2S. The van der Waals surface area contributed by atoms with Crippen LogP contribution in [-0.2, 0) is 9.84 Å². The van der Waals surface area contributed by atoms with Gasteiger partial charge >= 0.3 is 0 Å². The molecule has 1 rings (SSSR count). The number of nitriles is 1. The summed E-state index contributed by atoms with van der Waals surface area (Å²) in [6.45, 7) is 0.317. The smallest absolute Gasteiger partial charge is 0.149 e. The van der Waals surface area contributed by atoms with Crippen LogP contribution in [0.3, 0.4) is 0 Å². The number of aromatic nitrogens is 1. The van der Waals surface area contributed by atoms with Crippen molar-refractivity contribution in [2.24, 2.45) is 0 Å². The molecule has 0 aromatic carbocycles. The lowest BCUT2D eigenvalue weighted by molar-refractivity contribution is 0.602. The van der Waals surface area contributed by atoms with E-state index in [2.05, 4.69) is 10.3 Å². The summed E-state index contributed by atoms with van der Waals surface area (Å²) in [7, 11) is -2.95. The van der Waals surface area contributed by atoms with Gasteiger partial charge in [0, 0.05) is 19.0 Å². The van der Waals surface area contributed by atoms with Crippen LogP contribution in [0.1, 0.15) is 5.56 Å². The molecule has 1 heterocycles. The Morgan fingerprint density at radius 3 is 2.73 bits per heavy atom. The summed E-state index contributed by atoms with van der Waals surface area (Å²) in [6.07, 6.45) is 2.61. The first-order valence-electron chi connectivity index (χ1n) is 4.29. The Bertz CT molecular complexity index is 459. The molecule has 0 amide bonds. The molecule has 0 unspecified atom stereocenters. The van der Waals surface area contributed by atoms with E-state index in [-0.39, 0.29) is 5.75 Å². The van der Waals surface area contributed by atoms with Crippen LogP contribution in [0.4, 0.5) is 5.82 Å². The van der Waals surface area contributed by atoms with Crippen molar-refractivity contribution in [1.82, 2.24) is 4.98 Å². The normalized spacial score (nSPS) is 10.7. The highest BCUT2D eigenvalue weighted by Gasteiger charge is 2.01. The van der Waals surface area contributed by atoms with E-state index >= 15 is 0 Å². The van der Waals surface area contributed by atoms with Crippen molar-refractivity contribution in [2.75, 3.05) is 23.9 Å². The minimum Gasteiger partial charge on any atom is -0.369 e. The van der Waals surface area contributed by atoms with Gasteiger partial charge < -0.3 is 5.32 Å². The maximum absolute atomic E-state index is 10.8. The Morgan fingerprint density at radius 1 is 1.53 bits per heavy atom. The fraction of sp³-hybridized carbons (Fsp3) is 0.333. The summed E-state index contributed by atoms with van der Waals surface area (Å²) >= 11 is 0. The fourth-order valence-corrected chi connectivity index (χ4v) is 1.40. The average molecular weight is 225 g/mol. The molecule has 1 N–H and O–H groups in total. The van der Waals surface area contributed by atoms with Gasteiger partial charge in [-0.1, -0.05) is 0 Å². The zero-order valence-corrected chi connectivity index (χ0v) is 9.08. The number of pyridine rings is 1. The van der Waals surface area contributed by atoms with Gasteiger partial charge in [-0.3, -0.25) is 0 Å². The Morgan fingerprint density at radius 2 is 2.27 bits per heavy atom. The van der Waals surface area contributed by atoms with Crippen LogP contribution in [0.2, 0.25) is 0 Å². The molecule has 0 radical (unpaired) electrons. The van der Waals surface area contributed by atoms with Gasteiger partial charge in [-0.2, -0.15) is 5.26 Å². The summed E-state index contributed by atoms with van der Waals surface area (Å²) in [4.78, 5) is 3.94. The molecule has 0 spiro atoms. The molecule has 1 aromatic heterocycles. The van der Waals surface area contributed by atoms with Crippen molar-refractivity contribution < 1.29 is 8.42 Å². The zero-order chi connectivity index (χ0) is 11.3. The lowest BCUT2D eigenvalue weighted by Gasteiger charge is -2.03. The summed E-state index contributed by atoms with van der Waals surface area (Å²) in [5.74, 6) is 0.631. The van der Waals surface area contributed by atoms with Crippen LogP contribution in [0.25, 0.3) is 0 Å². The lowest BCUT2D eigenvalue weighted by Crippen LogP contribution is -2.14. The first-order chi connectivity index (χ1) is 7.01. The maximum atomic E-state index is 10.8. The fourth-order valence-electron chi connectivity index (χ4n) is 0.929. The minimum atomic E-state index is -2.95. The van der Waals surface area contributed by atoms with Crippen molar-refractivity contribution in [1.29, 1.82) is 5.26 Å². The zero-order valence-electron chi connectivity index (χ0n) is 8.27. The van der Waals surface area contributed by atoms with Gasteiger partial charge in [0.2, 0.25) is 0 Å². The third-order valence-corrected chi connectivity index (χ3v) is 2.62. The molecule has 80 valence electrons. The average Bonchev–Trinajstić information content (AvgIpc) is 2.17. The van der Waals surface area contributed by atoms with Gasteiger partial charge in [-0.25, -0.2) is 13.4 Å². The molecular weight excluding hydrogens is 214 g/mol. The van der Waals surface area contributed by atoms with E-state index in [0.717, 1.165) is 0 Å². The van der Waals surface area contributed by atoms with Crippen LogP contribution >= 0.6 is 0 Å². The van der Waals surface area contributed by atoms with Crippen LogP contribution < -0.4 is 5.32 Å². The quantitative estimate of drug-likeness (QED) is 0.802. The van der Waals surface area contributed by atoms with Crippen molar-refractivity contribution in [2.45, 2.75) is 0 Å². The molecule has 0 bridgehead atoms. The van der Waals surface area contributed by atoms with Gasteiger partial charge in [0.05, 0.1) is 11.3 Å². The second-order valence-electron chi connectivity index (χ2n) is 3.10. The largest absolute Gasteiger partial charge is 0.369 e. The predicted octanol–water partition coefficient (Wildman–Crippen LogP) is 0.410. The number of rotatable bonds is 4. The number of anilines is 1. The van der Waals surface area contributed by atoms with Gasteiger partial charge in [-0.15, -0.1) is 0 Å². The number of sulfone groups is 1. The van der Waals surface area contributed by atoms with E-state index in [1.54, 1.807) is 12.1 Å². The molecule has 0 saturated heterocycles.